The van der Waals surface area contributed by atoms with Crippen LogP contribution in [0.25, 0.3) is 6.08 Å². The van der Waals surface area contributed by atoms with Gasteiger partial charge in [0.15, 0.2) is 0 Å². The molecule has 0 saturated carbocycles. The van der Waals surface area contributed by atoms with E-state index in [2.05, 4.69) is 11.4 Å². The first-order chi connectivity index (χ1) is 14.8. The highest BCUT2D eigenvalue weighted by atomic mass is 32.2. The van der Waals surface area contributed by atoms with Crippen LogP contribution < -0.4 is 5.32 Å². The van der Waals surface area contributed by atoms with Crippen LogP contribution >= 0.6 is 24.0 Å². The average Bonchev–Trinajstić information content (AvgIpc) is 2.98. The Bertz CT molecular complexity index is 1010. The van der Waals surface area contributed by atoms with E-state index in [1.165, 1.54) is 22.9 Å². The van der Waals surface area contributed by atoms with E-state index in [-0.39, 0.29) is 11.8 Å². The van der Waals surface area contributed by atoms with E-state index in [0.29, 0.717) is 22.2 Å². The number of anilines is 1. The number of rotatable bonds is 8. The Kier molecular flexibility index (Phi) is 8.04. The molecule has 0 aromatic heterocycles. The van der Waals surface area contributed by atoms with Crippen LogP contribution in [-0.2, 0) is 9.59 Å². The fourth-order valence-electron chi connectivity index (χ4n) is 3.41. The van der Waals surface area contributed by atoms with E-state index >= 15 is 0 Å². The van der Waals surface area contributed by atoms with Gasteiger partial charge in [-0.3, -0.25) is 14.5 Å². The Labute approximate surface area is 194 Å². The van der Waals surface area contributed by atoms with E-state index in [4.69, 9.17) is 12.2 Å². The normalized spacial score (nSPS) is 15.1. The number of amides is 2. The third-order valence-corrected chi connectivity index (χ3v) is 6.57. The molecule has 3 rings (SSSR count). The van der Waals surface area contributed by atoms with Gasteiger partial charge in [-0.05, 0) is 56.9 Å². The average molecular weight is 453 g/mol. The molecular formula is C25H28N2O2S2. The van der Waals surface area contributed by atoms with E-state index in [1.807, 2.05) is 63.2 Å². The maximum absolute atomic E-state index is 12.7. The lowest BCUT2D eigenvalue weighted by atomic mass is 10.1. The van der Waals surface area contributed by atoms with Gasteiger partial charge in [-0.2, -0.15) is 0 Å². The van der Waals surface area contributed by atoms with Gasteiger partial charge >= 0.3 is 0 Å². The minimum atomic E-state index is -0.0248. The van der Waals surface area contributed by atoms with Gasteiger partial charge in [0.2, 0.25) is 5.91 Å². The van der Waals surface area contributed by atoms with E-state index in [0.717, 1.165) is 36.1 Å². The molecule has 0 aliphatic carbocycles. The van der Waals surface area contributed by atoms with Crippen LogP contribution in [0.4, 0.5) is 5.69 Å². The molecule has 2 amide bonds. The van der Waals surface area contributed by atoms with Crippen molar-refractivity contribution in [2.24, 2.45) is 0 Å². The lowest BCUT2D eigenvalue weighted by Crippen LogP contribution is -2.29. The molecule has 0 unspecified atom stereocenters. The molecule has 1 aliphatic rings. The first-order valence-electron chi connectivity index (χ1n) is 10.5. The number of thioether (sulfide) groups is 1. The number of nitrogens with one attached hydrogen (secondary N) is 1. The molecule has 0 radical (unpaired) electrons. The quantitative estimate of drug-likeness (QED) is 0.303. The van der Waals surface area contributed by atoms with Crippen LogP contribution in [0.1, 0.15) is 47.9 Å². The molecule has 2 aromatic carbocycles. The van der Waals surface area contributed by atoms with Crippen molar-refractivity contribution in [3.63, 3.8) is 0 Å². The van der Waals surface area contributed by atoms with Crippen molar-refractivity contribution in [2.75, 3.05) is 11.9 Å². The Morgan fingerprint density at radius 3 is 2.45 bits per heavy atom. The summed E-state index contributed by atoms with van der Waals surface area (Å²) in [7, 11) is 0. The molecule has 2 aromatic rings. The van der Waals surface area contributed by atoms with Crippen LogP contribution in [0, 0.1) is 20.8 Å². The number of carbonyl (C=O) groups excluding carboxylic acids is 2. The molecule has 1 fully saturated rings. The maximum atomic E-state index is 12.7. The number of thiocarbonyl (C=S) groups is 1. The van der Waals surface area contributed by atoms with Crippen LogP contribution in [0.15, 0.2) is 47.4 Å². The summed E-state index contributed by atoms with van der Waals surface area (Å²) >= 11 is 6.77. The summed E-state index contributed by atoms with van der Waals surface area (Å²) in [5.41, 5.74) is 5.31. The molecule has 162 valence electrons. The first-order valence-corrected chi connectivity index (χ1v) is 11.7. The summed E-state index contributed by atoms with van der Waals surface area (Å²) in [6, 6.07) is 14.1. The molecule has 1 N–H and O–H groups in total. The summed E-state index contributed by atoms with van der Waals surface area (Å²) in [5, 5.41) is 2.98. The number of benzene rings is 2. The molecule has 4 nitrogen and oxygen atoms in total. The largest absolute Gasteiger partial charge is 0.326 e. The minimum Gasteiger partial charge on any atom is -0.326 e. The molecule has 1 heterocycles. The maximum Gasteiger partial charge on any atom is 0.266 e. The SMILES string of the molecule is Cc1ccc(/C=C2\SC(=S)N(CCCCCC(=O)Nc3ccc(C)cc3C)C2=O)cc1. The number of aryl methyl sites for hydroxylation is 3. The molecule has 0 spiro atoms. The van der Waals surface area contributed by atoms with Gasteiger partial charge in [-0.1, -0.05) is 77.9 Å². The standard InChI is InChI=1S/C25H28N2O2S2/c1-17-8-11-20(12-9-17)16-22-24(29)27(25(30)31-22)14-6-4-5-7-23(28)26-21-13-10-18(2)15-19(21)3/h8-13,15-16H,4-7,14H2,1-3H3,(H,26,28)/b22-16-. The summed E-state index contributed by atoms with van der Waals surface area (Å²) in [4.78, 5) is 27.3. The molecule has 6 heteroatoms. The minimum absolute atomic E-state index is 0.0248. The Balaban J connectivity index is 1.42. The summed E-state index contributed by atoms with van der Waals surface area (Å²) in [5.74, 6) is 0.00163. The summed E-state index contributed by atoms with van der Waals surface area (Å²) < 4.78 is 0.607. The monoisotopic (exact) mass is 452 g/mol. The zero-order valence-electron chi connectivity index (χ0n) is 18.2. The Hall–Kier alpha value is -2.44. The van der Waals surface area contributed by atoms with E-state index < -0.39 is 0 Å². The van der Waals surface area contributed by atoms with Gasteiger partial charge in [0.05, 0.1) is 4.91 Å². The van der Waals surface area contributed by atoms with Crippen LogP contribution in [0.2, 0.25) is 0 Å². The van der Waals surface area contributed by atoms with E-state index in [9.17, 15) is 9.59 Å². The highest BCUT2D eigenvalue weighted by molar-refractivity contribution is 8.26. The number of carbonyl (C=O) groups is 2. The van der Waals surface area contributed by atoms with Crippen LogP contribution in [-0.4, -0.2) is 27.6 Å². The molecule has 31 heavy (non-hydrogen) atoms. The molecule has 1 aliphatic heterocycles. The summed E-state index contributed by atoms with van der Waals surface area (Å²) in [6.07, 6.45) is 4.84. The number of hydrogen-bond donors (Lipinski definition) is 1. The molecule has 0 bridgehead atoms. The molecule has 0 atom stereocenters. The van der Waals surface area contributed by atoms with Gasteiger partial charge in [0, 0.05) is 18.7 Å². The van der Waals surface area contributed by atoms with E-state index in [1.54, 1.807) is 4.90 Å². The Morgan fingerprint density at radius 1 is 1.03 bits per heavy atom. The van der Waals surface area contributed by atoms with Crippen molar-refractivity contribution in [3.05, 3.63) is 69.6 Å². The van der Waals surface area contributed by atoms with Crippen molar-refractivity contribution in [3.8, 4) is 0 Å². The van der Waals surface area contributed by atoms with Gasteiger partial charge in [-0.25, -0.2) is 0 Å². The predicted octanol–water partition coefficient (Wildman–Crippen LogP) is 6.01. The predicted molar refractivity (Wildman–Crippen MR) is 134 cm³/mol. The van der Waals surface area contributed by atoms with Gasteiger partial charge < -0.3 is 5.32 Å². The third-order valence-electron chi connectivity index (χ3n) is 5.19. The second kappa shape index (κ2) is 10.7. The molecular weight excluding hydrogens is 424 g/mol. The second-order valence-corrected chi connectivity index (χ2v) is 9.60. The van der Waals surface area contributed by atoms with Gasteiger partial charge in [0.1, 0.15) is 4.32 Å². The van der Waals surface area contributed by atoms with Gasteiger partial charge in [-0.15, -0.1) is 0 Å². The third kappa shape index (κ3) is 6.52. The highest BCUT2D eigenvalue weighted by Gasteiger charge is 2.31. The van der Waals surface area contributed by atoms with Gasteiger partial charge in [0.25, 0.3) is 5.91 Å². The summed E-state index contributed by atoms with van der Waals surface area (Å²) in [6.45, 7) is 6.66. The topological polar surface area (TPSA) is 49.4 Å². The van der Waals surface area contributed by atoms with Crippen molar-refractivity contribution >= 4 is 51.9 Å². The lowest BCUT2D eigenvalue weighted by Gasteiger charge is -2.14. The van der Waals surface area contributed by atoms with Crippen LogP contribution in [0.5, 0.6) is 0 Å². The highest BCUT2D eigenvalue weighted by Crippen LogP contribution is 2.32. The van der Waals surface area contributed by atoms with Crippen molar-refractivity contribution in [2.45, 2.75) is 46.5 Å². The fraction of sp³-hybridized carbons (Fsp3) is 0.320. The lowest BCUT2D eigenvalue weighted by molar-refractivity contribution is -0.122. The van der Waals surface area contributed by atoms with Crippen molar-refractivity contribution in [1.29, 1.82) is 0 Å². The van der Waals surface area contributed by atoms with Crippen LogP contribution in [0.3, 0.4) is 0 Å². The number of nitrogens with zero attached hydrogens (tertiary/aromatic N) is 1. The Morgan fingerprint density at radius 2 is 1.74 bits per heavy atom. The molecule has 1 saturated heterocycles. The van der Waals surface area contributed by atoms with Crippen molar-refractivity contribution in [1.82, 2.24) is 4.90 Å². The zero-order chi connectivity index (χ0) is 22.4. The first kappa shape index (κ1) is 23.2. The zero-order valence-corrected chi connectivity index (χ0v) is 19.9. The van der Waals surface area contributed by atoms with Crippen molar-refractivity contribution < 1.29 is 9.59 Å². The number of unbranched alkanes of at least 4 members (excludes halogenated alkanes) is 2. The number of hydrogen-bond acceptors (Lipinski definition) is 4. The second-order valence-electron chi connectivity index (χ2n) is 7.92. The smallest absolute Gasteiger partial charge is 0.266 e. The fourth-order valence-corrected chi connectivity index (χ4v) is 4.71.